The van der Waals surface area contributed by atoms with Gasteiger partial charge in [-0.25, -0.2) is 0 Å². The third-order valence-electron chi connectivity index (χ3n) is 7.41. The number of fused-ring (bicyclic) bond motifs is 5. The summed E-state index contributed by atoms with van der Waals surface area (Å²) < 4.78 is 12.4. The van der Waals surface area contributed by atoms with Crippen LogP contribution in [0.4, 0.5) is 0 Å². The van der Waals surface area contributed by atoms with E-state index < -0.39 is 0 Å². The van der Waals surface area contributed by atoms with Crippen LogP contribution in [0.3, 0.4) is 0 Å². The molecular weight excluding hydrogens is 362 g/mol. The molecule has 4 heterocycles. The van der Waals surface area contributed by atoms with Gasteiger partial charge in [0.15, 0.2) is 5.96 Å². The maximum atomic E-state index is 6.21. The first-order valence-corrected chi connectivity index (χ1v) is 11.6. The van der Waals surface area contributed by atoms with Gasteiger partial charge in [0.1, 0.15) is 0 Å². The number of nitrogens with zero attached hydrogens (tertiary/aromatic N) is 2. The van der Waals surface area contributed by atoms with Crippen molar-refractivity contribution in [3.8, 4) is 0 Å². The maximum Gasteiger partial charge on any atom is 0.193 e. The molecule has 1 aromatic rings. The molecule has 5 heteroatoms. The Hall–Kier alpha value is -1.59. The van der Waals surface area contributed by atoms with Crippen molar-refractivity contribution in [3.05, 3.63) is 35.4 Å². The van der Waals surface area contributed by atoms with E-state index in [2.05, 4.69) is 48.3 Å². The van der Waals surface area contributed by atoms with E-state index >= 15 is 0 Å². The zero-order valence-electron chi connectivity index (χ0n) is 17.8. The summed E-state index contributed by atoms with van der Waals surface area (Å²) in [6.07, 6.45) is 5.98. The predicted octanol–water partition coefficient (Wildman–Crippen LogP) is 3.54. The Morgan fingerprint density at radius 3 is 2.52 bits per heavy atom. The van der Waals surface area contributed by atoms with Crippen LogP contribution in [0.15, 0.2) is 29.3 Å². The van der Waals surface area contributed by atoms with Crippen LogP contribution in [-0.2, 0) is 9.47 Å². The lowest BCUT2D eigenvalue weighted by atomic mass is 9.82. The van der Waals surface area contributed by atoms with Crippen LogP contribution in [-0.4, -0.2) is 55.9 Å². The second-order valence-corrected chi connectivity index (χ2v) is 9.32. The molecule has 4 saturated heterocycles. The summed E-state index contributed by atoms with van der Waals surface area (Å²) >= 11 is 0. The Balaban J connectivity index is 1.28. The van der Waals surface area contributed by atoms with Gasteiger partial charge in [0.05, 0.1) is 18.3 Å². The Bertz CT molecular complexity index is 716. The van der Waals surface area contributed by atoms with Crippen molar-refractivity contribution in [3.63, 3.8) is 0 Å². The number of aliphatic imine (C=N–C) groups is 1. The average molecular weight is 398 g/mol. The first kappa shape index (κ1) is 19.4. The molecule has 6 unspecified atom stereocenters. The minimum absolute atomic E-state index is 0.165. The summed E-state index contributed by atoms with van der Waals surface area (Å²) in [6, 6.07) is 8.84. The Kier molecular flexibility index (Phi) is 5.53. The number of rotatable bonds is 4. The maximum absolute atomic E-state index is 6.21. The smallest absolute Gasteiger partial charge is 0.193 e. The molecule has 29 heavy (non-hydrogen) atoms. The highest BCUT2D eigenvalue weighted by molar-refractivity contribution is 5.80. The van der Waals surface area contributed by atoms with E-state index in [4.69, 9.17) is 14.5 Å². The van der Waals surface area contributed by atoms with Crippen LogP contribution < -0.4 is 5.32 Å². The fourth-order valence-electron chi connectivity index (χ4n) is 5.92. The van der Waals surface area contributed by atoms with Gasteiger partial charge in [-0.05, 0) is 45.1 Å². The van der Waals surface area contributed by atoms with E-state index in [-0.39, 0.29) is 6.10 Å². The van der Waals surface area contributed by atoms with Crippen molar-refractivity contribution < 1.29 is 9.47 Å². The average Bonchev–Trinajstić information content (AvgIpc) is 3.45. The first-order chi connectivity index (χ1) is 14.2. The molecule has 4 aliphatic heterocycles. The van der Waals surface area contributed by atoms with Crippen LogP contribution in [0, 0.1) is 24.7 Å². The highest BCUT2D eigenvalue weighted by Crippen LogP contribution is 2.47. The third kappa shape index (κ3) is 3.79. The molecule has 1 aromatic carbocycles. The second kappa shape index (κ2) is 8.27. The van der Waals surface area contributed by atoms with E-state index in [9.17, 15) is 0 Å². The monoisotopic (exact) mass is 397 g/mol. The zero-order chi connectivity index (χ0) is 19.8. The Labute approximate surface area is 174 Å². The minimum Gasteiger partial charge on any atom is -0.374 e. The van der Waals surface area contributed by atoms with E-state index in [0.717, 1.165) is 45.2 Å². The lowest BCUT2D eigenvalue weighted by Gasteiger charge is -2.32. The van der Waals surface area contributed by atoms with Gasteiger partial charge in [-0.1, -0.05) is 29.8 Å². The van der Waals surface area contributed by atoms with Crippen LogP contribution in [0.1, 0.15) is 49.8 Å². The molecule has 0 saturated carbocycles. The van der Waals surface area contributed by atoms with Crippen molar-refractivity contribution in [2.24, 2.45) is 22.7 Å². The lowest BCUT2D eigenvalue weighted by molar-refractivity contribution is -0.0250. The number of hydrogen-bond acceptors (Lipinski definition) is 3. The van der Waals surface area contributed by atoms with Crippen LogP contribution in [0.5, 0.6) is 0 Å². The van der Waals surface area contributed by atoms with Crippen LogP contribution in [0.25, 0.3) is 0 Å². The molecule has 0 amide bonds. The molecule has 4 fully saturated rings. The van der Waals surface area contributed by atoms with E-state index in [1.54, 1.807) is 0 Å². The summed E-state index contributed by atoms with van der Waals surface area (Å²) in [6.45, 7) is 9.10. The molecule has 6 atom stereocenters. The summed E-state index contributed by atoms with van der Waals surface area (Å²) in [5.41, 5.74) is 2.59. The third-order valence-corrected chi connectivity index (χ3v) is 7.41. The van der Waals surface area contributed by atoms with Gasteiger partial charge in [-0.15, -0.1) is 0 Å². The van der Waals surface area contributed by atoms with Crippen LogP contribution >= 0.6 is 0 Å². The van der Waals surface area contributed by atoms with Crippen molar-refractivity contribution in [2.75, 3.05) is 32.8 Å². The van der Waals surface area contributed by atoms with Crippen molar-refractivity contribution in [2.45, 2.75) is 57.8 Å². The topological polar surface area (TPSA) is 46.1 Å². The SMILES string of the molecule is CCNC(=NCC1CCCOC1c1ccc(C)cc1)N1CC2C3CCC(O3)C2C1. The largest absolute Gasteiger partial charge is 0.374 e. The normalized spacial score (nSPS) is 36.5. The number of ether oxygens (including phenoxy) is 2. The number of nitrogens with one attached hydrogen (secondary N) is 1. The molecule has 2 bridgehead atoms. The summed E-state index contributed by atoms with van der Waals surface area (Å²) in [5.74, 6) is 2.95. The second-order valence-electron chi connectivity index (χ2n) is 9.32. The minimum atomic E-state index is 0.165. The molecular formula is C24H35N3O2. The zero-order valence-corrected chi connectivity index (χ0v) is 17.8. The van der Waals surface area contributed by atoms with Gasteiger partial charge in [-0.3, -0.25) is 4.99 Å². The molecule has 4 aliphatic rings. The highest BCUT2D eigenvalue weighted by Gasteiger charge is 2.53. The van der Waals surface area contributed by atoms with Gasteiger partial charge in [0.2, 0.25) is 0 Å². The van der Waals surface area contributed by atoms with Crippen molar-refractivity contribution >= 4 is 5.96 Å². The van der Waals surface area contributed by atoms with Gasteiger partial charge in [0, 0.05) is 50.5 Å². The fraction of sp³-hybridized carbons (Fsp3) is 0.708. The quantitative estimate of drug-likeness (QED) is 0.624. The number of aryl methyl sites for hydroxylation is 1. The molecule has 0 aromatic heterocycles. The van der Waals surface area contributed by atoms with E-state index in [0.29, 0.717) is 30.0 Å². The Morgan fingerprint density at radius 1 is 1.10 bits per heavy atom. The highest BCUT2D eigenvalue weighted by atomic mass is 16.5. The van der Waals surface area contributed by atoms with Gasteiger partial charge >= 0.3 is 0 Å². The summed E-state index contributed by atoms with van der Waals surface area (Å²) in [4.78, 5) is 7.62. The number of hydrogen-bond donors (Lipinski definition) is 1. The Morgan fingerprint density at radius 2 is 1.83 bits per heavy atom. The predicted molar refractivity (Wildman–Crippen MR) is 115 cm³/mol. The molecule has 5 nitrogen and oxygen atoms in total. The molecule has 0 radical (unpaired) electrons. The van der Waals surface area contributed by atoms with Gasteiger partial charge < -0.3 is 19.7 Å². The molecule has 0 aliphatic carbocycles. The summed E-state index contributed by atoms with van der Waals surface area (Å²) in [5, 5.41) is 3.56. The number of likely N-dealkylation sites (tertiary alicyclic amines) is 1. The molecule has 5 rings (SSSR count). The first-order valence-electron chi connectivity index (χ1n) is 11.6. The van der Waals surface area contributed by atoms with Crippen molar-refractivity contribution in [1.82, 2.24) is 10.2 Å². The molecule has 1 N–H and O–H groups in total. The number of benzene rings is 1. The van der Waals surface area contributed by atoms with E-state index in [1.165, 1.54) is 30.4 Å². The standard InChI is InChI=1S/C24H35N3O2/c1-3-25-24(27-14-19-20(15-27)22-11-10-21(19)29-22)26-13-18-5-4-12-28-23(18)17-8-6-16(2)7-9-17/h6-9,18-23H,3-5,10-15H2,1-2H3,(H,25,26). The fourth-order valence-corrected chi connectivity index (χ4v) is 5.92. The van der Waals surface area contributed by atoms with Crippen molar-refractivity contribution in [1.29, 1.82) is 0 Å². The van der Waals surface area contributed by atoms with Crippen LogP contribution in [0.2, 0.25) is 0 Å². The number of guanidine groups is 1. The lowest BCUT2D eigenvalue weighted by Crippen LogP contribution is -2.42. The molecule has 0 spiro atoms. The van der Waals surface area contributed by atoms with Gasteiger partial charge in [-0.2, -0.15) is 0 Å². The van der Waals surface area contributed by atoms with Gasteiger partial charge in [0.25, 0.3) is 0 Å². The summed E-state index contributed by atoms with van der Waals surface area (Å²) in [7, 11) is 0. The molecule has 158 valence electrons. The van der Waals surface area contributed by atoms with E-state index in [1.807, 2.05) is 0 Å².